The summed E-state index contributed by atoms with van der Waals surface area (Å²) in [5.74, 6) is 0. The zero-order valence-electron chi connectivity index (χ0n) is 4.42. The molecule has 3 nitrogen and oxygen atoms in total. The number of rotatable bonds is 1. The van der Waals surface area contributed by atoms with Crippen molar-refractivity contribution < 1.29 is 9.90 Å². The van der Waals surface area contributed by atoms with Crippen LogP contribution < -0.4 is 5.32 Å². The van der Waals surface area contributed by atoms with Crippen molar-refractivity contribution in [2.45, 2.75) is 18.6 Å². The Kier molecular flexibility index (Phi) is 1.60. The van der Waals surface area contributed by atoms with Crippen molar-refractivity contribution in [1.82, 2.24) is 5.32 Å². The average molecular weight is 114 g/mol. The third kappa shape index (κ3) is 0.877. The first-order chi connectivity index (χ1) is 3.84. The Balaban J connectivity index is 2.41. The van der Waals surface area contributed by atoms with Gasteiger partial charge in [0, 0.05) is 0 Å². The maximum absolute atomic E-state index is 9.87. The van der Waals surface area contributed by atoms with Gasteiger partial charge in [-0.25, -0.2) is 0 Å². The van der Waals surface area contributed by atoms with Crippen molar-refractivity contribution in [3.8, 4) is 0 Å². The Labute approximate surface area is 47.7 Å². The molecule has 0 aromatic rings. The molecule has 2 N–H and O–H groups in total. The Morgan fingerprint density at radius 1 is 1.75 bits per heavy atom. The van der Waals surface area contributed by atoms with Gasteiger partial charge in [-0.1, -0.05) is 0 Å². The lowest BCUT2D eigenvalue weighted by Gasteiger charge is -2.02. The molecular weight excluding hydrogens is 106 g/mol. The second-order valence-corrected chi connectivity index (χ2v) is 1.91. The van der Waals surface area contributed by atoms with Gasteiger partial charge in [0.15, 0.2) is 0 Å². The summed E-state index contributed by atoms with van der Waals surface area (Å²) < 4.78 is 0. The zero-order chi connectivity index (χ0) is 5.98. The summed E-state index contributed by atoms with van der Waals surface area (Å²) in [6.07, 6.45) is 1.86. The lowest BCUT2D eigenvalue weighted by atomic mass is 10.2. The standard InChI is InChI=1S/C5H8NO2/c7-3-4-5(8)1-2-6-4/h4-6,8H,1-2H2/t4-,5?/m0/s1. The maximum atomic E-state index is 9.87. The molecule has 0 bridgehead atoms. The molecule has 0 aliphatic carbocycles. The van der Waals surface area contributed by atoms with Crippen LogP contribution in [-0.4, -0.2) is 30.1 Å². The van der Waals surface area contributed by atoms with Gasteiger partial charge in [-0.15, -0.1) is 0 Å². The molecule has 0 aromatic heterocycles. The second kappa shape index (κ2) is 2.24. The van der Waals surface area contributed by atoms with Gasteiger partial charge in [0.2, 0.25) is 6.29 Å². The number of aliphatic hydroxyl groups excluding tert-OH is 1. The molecule has 1 rings (SSSR count). The van der Waals surface area contributed by atoms with Crippen LogP contribution >= 0.6 is 0 Å². The molecule has 1 radical (unpaired) electrons. The Morgan fingerprint density at radius 2 is 2.50 bits per heavy atom. The van der Waals surface area contributed by atoms with Gasteiger partial charge >= 0.3 is 0 Å². The van der Waals surface area contributed by atoms with E-state index < -0.39 is 12.1 Å². The van der Waals surface area contributed by atoms with Gasteiger partial charge in [-0.2, -0.15) is 0 Å². The van der Waals surface area contributed by atoms with Crippen molar-refractivity contribution >= 4 is 6.29 Å². The van der Waals surface area contributed by atoms with Gasteiger partial charge in [0.05, 0.1) is 6.10 Å². The van der Waals surface area contributed by atoms with Crippen molar-refractivity contribution in [3.05, 3.63) is 0 Å². The monoisotopic (exact) mass is 114 g/mol. The van der Waals surface area contributed by atoms with Crippen LogP contribution in [0.3, 0.4) is 0 Å². The lowest BCUT2D eigenvalue weighted by Crippen LogP contribution is -2.31. The highest BCUT2D eigenvalue weighted by Crippen LogP contribution is 2.02. The summed E-state index contributed by atoms with van der Waals surface area (Å²) in [6, 6.07) is -0.435. The van der Waals surface area contributed by atoms with Crippen molar-refractivity contribution in [1.29, 1.82) is 0 Å². The summed E-state index contributed by atoms with van der Waals surface area (Å²) in [6.45, 7) is 0.723. The van der Waals surface area contributed by atoms with Crippen LogP contribution in [0.1, 0.15) is 6.42 Å². The van der Waals surface area contributed by atoms with Gasteiger partial charge in [-0.05, 0) is 13.0 Å². The van der Waals surface area contributed by atoms with E-state index in [9.17, 15) is 4.79 Å². The summed E-state index contributed by atoms with van der Waals surface area (Å²) in [5, 5.41) is 11.6. The average Bonchev–Trinajstić information content (AvgIpc) is 2.14. The van der Waals surface area contributed by atoms with Gasteiger partial charge in [-0.3, -0.25) is 4.79 Å². The van der Waals surface area contributed by atoms with Crippen LogP contribution in [-0.2, 0) is 4.79 Å². The van der Waals surface area contributed by atoms with E-state index in [0.717, 1.165) is 6.54 Å². The van der Waals surface area contributed by atoms with Crippen molar-refractivity contribution in [2.75, 3.05) is 6.54 Å². The lowest BCUT2D eigenvalue weighted by molar-refractivity contribution is 0.179. The van der Waals surface area contributed by atoms with Crippen LogP contribution in [0.25, 0.3) is 0 Å². The predicted octanol–water partition coefficient (Wildman–Crippen LogP) is -1.18. The summed E-state index contributed by atoms with van der Waals surface area (Å²) in [5.41, 5.74) is 0. The predicted molar refractivity (Wildman–Crippen MR) is 28.1 cm³/mol. The molecule has 3 heteroatoms. The third-order valence-corrected chi connectivity index (χ3v) is 1.32. The minimum absolute atomic E-state index is 0.435. The SMILES string of the molecule is O=[C][C@@H]1NCCC1O. The van der Waals surface area contributed by atoms with E-state index in [1.54, 1.807) is 6.29 Å². The molecule has 0 amide bonds. The van der Waals surface area contributed by atoms with Crippen molar-refractivity contribution in [2.24, 2.45) is 0 Å². The van der Waals surface area contributed by atoms with E-state index in [0.29, 0.717) is 6.42 Å². The van der Waals surface area contributed by atoms with Crippen LogP contribution in [0.4, 0.5) is 0 Å². The molecule has 1 aliphatic rings. The quantitative estimate of drug-likeness (QED) is 0.451. The number of aliphatic hydroxyl groups is 1. The number of hydrogen-bond donors (Lipinski definition) is 2. The number of carbonyl (C=O) groups excluding carboxylic acids is 1. The van der Waals surface area contributed by atoms with Gasteiger partial charge < -0.3 is 10.4 Å². The van der Waals surface area contributed by atoms with E-state index in [1.807, 2.05) is 0 Å². The highest BCUT2D eigenvalue weighted by Gasteiger charge is 2.23. The zero-order valence-corrected chi connectivity index (χ0v) is 4.42. The third-order valence-electron chi connectivity index (χ3n) is 1.32. The highest BCUT2D eigenvalue weighted by molar-refractivity contribution is 5.60. The molecule has 1 fully saturated rings. The molecule has 0 spiro atoms. The minimum atomic E-state index is -0.507. The smallest absolute Gasteiger partial charge is 0.219 e. The molecule has 45 valence electrons. The normalized spacial score (nSPS) is 37.6. The Bertz CT molecular complexity index is 94.4. The van der Waals surface area contributed by atoms with Crippen LogP contribution in [0.2, 0.25) is 0 Å². The molecule has 0 saturated carbocycles. The molecule has 8 heavy (non-hydrogen) atoms. The largest absolute Gasteiger partial charge is 0.391 e. The first kappa shape index (κ1) is 5.72. The van der Waals surface area contributed by atoms with Crippen LogP contribution in [0.15, 0.2) is 0 Å². The van der Waals surface area contributed by atoms with Crippen LogP contribution in [0.5, 0.6) is 0 Å². The molecular formula is C5H8NO2. The summed E-state index contributed by atoms with van der Waals surface area (Å²) in [4.78, 5) is 9.87. The molecule has 1 heterocycles. The van der Waals surface area contributed by atoms with E-state index in [-0.39, 0.29) is 0 Å². The molecule has 1 saturated heterocycles. The van der Waals surface area contributed by atoms with E-state index >= 15 is 0 Å². The molecule has 1 aliphatic heterocycles. The summed E-state index contributed by atoms with van der Waals surface area (Å²) >= 11 is 0. The fourth-order valence-corrected chi connectivity index (χ4v) is 0.810. The Morgan fingerprint density at radius 3 is 2.75 bits per heavy atom. The molecule has 0 aromatic carbocycles. The van der Waals surface area contributed by atoms with E-state index in [2.05, 4.69) is 5.32 Å². The fraction of sp³-hybridized carbons (Fsp3) is 0.800. The highest BCUT2D eigenvalue weighted by atomic mass is 16.3. The van der Waals surface area contributed by atoms with E-state index in [4.69, 9.17) is 5.11 Å². The number of hydrogen-bond acceptors (Lipinski definition) is 3. The topological polar surface area (TPSA) is 49.3 Å². The second-order valence-electron chi connectivity index (χ2n) is 1.91. The Hall–Kier alpha value is -0.410. The minimum Gasteiger partial charge on any atom is -0.391 e. The fourth-order valence-electron chi connectivity index (χ4n) is 0.810. The van der Waals surface area contributed by atoms with Gasteiger partial charge in [0.25, 0.3) is 0 Å². The number of nitrogens with one attached hydrogen (secondary N) is 1. The first-order valence-electron chi connectivity index (χ1n) is 2.63. The summed E-state index contributed by atoms with van der Waals surface area (Å²) in [7, 11) is 0. The van der Waals surface area contributed by atoms with Gasteiger partial charge in [0.1, 0.15) is 6.04 Å². The van der Waals surface area contributed by atoms with Crippen molar-refractivity contribution in [3.63, 3.8) is 0 Å². The van der Waals surface area contributed by atoms with Crippen LogP contribution in [0, 0.1) is 0 Å². The molecule has 2 atom stereocenters. The molecule has 1 unspecified atom stereocenters. The van der Waals surface area contributed by atoms with E-state index in [1.165, 1.54) is 0 Å². The maximum Gasteiger partial charge on any atom is 0.219 e. The first-order valence-corrected chi connectivity index (χ1v) is 2.63.